The molecule has 5 rings (SSSR count). The maximum atomic E-state index is 14.2. The van der Waals surface area contributed by atoms with Crippen LogP contribution in [0.25, 0.3) is 11.0 Å². The highest BCUT2D eigenvalue weighted by Crippen LogP contribution is 2.40. The number of aryl methyl sites for hydroxylation is 1. The van der Waals surface area contributed by atoms with Gasteiger partial charge >= 0.3 is 0 Å². The summed E-state index contributed by atoms with van der Waals surface area (Å²) in [6.07, 6.45) is 5.37. The van der Waals surface area contributed by atoms with E-state index in [0.29, 0.717) is 21.7 Å². The highest BCUT2D eigenvalue weighted by molar-refractivity contribution is 7.79. The van der Waals surface area contributed by atoms with Gasteiger partial charge in [-0.3, -0.25) is 4.21 Å². The third kappa shape index (κ3) is 6.64. The van der Waals surface area contributed by atoms with Gasteiger partial charge in [0.05, 0.1) is 11.5 Å². The van der Waals surface area contributed by atoms with Crippen LogP contribution in [-0.4, -0.2) is 31.4 Å². The van der Waals surface area contributed by atoms with Gasteiger partial charge in [-0.25, -0.2) is 13.8 Å². The lowest BCUT2D eigenvalue weighted by Gasteiger charge is -2.29. The molecule has 3 N–H and O–H groups in total. The van der Waals surface area contributed by atoms with Crippen LogP contribution in [0, 0.1) is 18.6 Å². The Morgan fingerprint density at radius 1 is 1.19 bits per heavy atom. The third-order valence-corrected chi connectivity index (χ3v) is 6.68. The SMILES string of the molecule is CC1OCCCC1c1c[nH]c2nccc(Oc3c(F)cc(N)cc3F)c12.Cc1ccc(S(=O)[O-])cc1.Cl. The first-order valence-corrected chi connectivity index (χ1v) is 12.5. The Morgan fingerprint density at radius 3 is 2.49 bits per heavy atom. The predicted molar refractivity (Wildman–Crippen MR) is 140 cm³/mol. The van der Waals surface area contributed by atoms with Crippen LogP contribution in [0.5, 0.6) is 11.5 Å². The smallest absolute Gasteiger partial charge is 0.198 e. The Labute approximate surface area is 222 Å². The van der Waals surface area contributed by atoms with E-state index in [1.54, 1.807) is 30.3 Å². The first-order valence-electron chi connectivity index (χ1n) is 11.4. The minimum absolute atomic E-state index is 0. The molecule has 11 heteroatoms. The number of nitrogens with one attached hydrogen (secondary N) is 1. The molecule has 0 spiro atoms. The molecular formula is C26H27ClF2N3O4S-. The van der Waals surface area contributed by atoms with Crippen LogP contribution in [0.15, 0.2) is 59.8 Å². The van der Waals surface area contributed by atoms with Crippen molar-refractivity contribution in [1.82, 2.24) is 9.97 Å². The zero-order valence-corrected chi connectivity index (χ0v) is 21.8. The molecule has 0 aliphatic carbocycles. The lowest BCUT2D eigenvalue weighted by molar-refractivity contribution is 0.0119. The van der Waals surface area contributed by atoms with Crippen LogP contribution in [0.4, 0.5) is 14.5 Å². The maximum Gasteiger partial charge on any atom is 0.198 e. The summed E-state index contributed by atoms with van der Waals surface area (Å²) in [5, 5.41) is 0.713. The maximum absolute atomic E-state index is 14.2. The Kier molecular flexibility index (Phi) is 9.61. The van der Waals surface area contributed by atoms with Crippen molar-refractivity contribution in [3.8, 4) is 11.5 Å². The number of nitrogens with zero attached hydrogens (tertiary/aromatic N) is 1. The summed E-state index contributed by atoms with van der Waals surface area (Å²) in [5.41, 5.74) is 8.12. The van der Waals surface area contributed by atoms with Gasteiger partial charge in [-0.15, -0.1) is 12.4 Å². The van der Waals surface area contributed by atoms with E-state index in [9.17, 15) is 17.5 Å². The number of fused-ring (bicyclic) bond motifs is 1. The van der Waals surface area contributed by atoms with E-state index in [2.05, 4.69) is 9.97 Å². The monoisotopic (exact) mass is 550 g/mol. The first-order chi connectivity index (χ1) is 17.2. The van der Waals surface area contributed by atoms with Crippen LogP contribution in [0.2, 0.25) is 0 Å². The minimum atomic E-state index is -2.09. The molecule has 1 fully saturated rings. The van der Waals surface area contributed by atoms with E-state index in [1.165, 1.54) is 6.20 Å². The predicted octanol–water partition coefficient (Wildman–Crippen LogP) is 6.15. The van der Waals surface area contributed by atoms with Gasteiger partial charge in [0, 0.05) is 47.6 Å². The zero-order chi connectivity index (χ0) is 25.8. The molecule has 1 aliphatic heterocycles. The average Bonchev–Trinajstić information content (AvgIpc) is 3.27. The molecular weight excluding hydrogens is 524 g/mol. The number of nitrogens with two attached hydrogens (primary N) is 1. The molecule has 3 unspecified atom stereocenters. The standard InChI is InChI=1S/C19H19F2N3O2.C7H8O2S.ClH/c1-10-12(3-2-6-25-10)13-9-24-19-17(13)16(4-5-23-19)26-18-14(20)7-11(22)8-15(18)21;1-6-2-4-7(5-3-6)10(8)9;/h4-5,7-10,12H,2-3,6,22H2,1H3,(H,23,24);2-5H,1H3,(H,8,9);1H/p-1. The summed E-state index contributed by atoms with van der Waals surface area (Å²) >= 11 is -2.09. The molecule has 37 heavy (non-hydrogen) atoms. The number of aromatic nitrogens is 2. The number of halogens is 3. The molecule has 0 amide bonds. The molecule has 0 bridgehead atoms. The number of H-pyrrole nitrogens is 1. The van der Waals surface area contributed by atoms with E-state index in [-0.39, 0.29) is 30.1 Å². The summed E-state index contributed by atoms with van der Waals surface area (Å²) < 4.78 is 60.3. The van der Waals surface area contributed by atoms with E-state index in [4.69, 9.17) is 15.2 Å². The fraction of sp³-hybridized carbons (Fsp3) is 0.269. The Hall–Kier alpha value is -3.05. The van der Waals surface area contributed by atoms with Gasteiger partial charge in [-0.1, -0.05) is 17.7 Å². The molecule has 3 atom stereocenters. The van der Waals surface area contributed by atoms with Crippen LogP contribution >= 0.6 is 12.4 Å². The number of aromatic amines is 1. The molecule has 0 radical (unpaired) electrons. The van der Waals surface area contributed by atoms with E-state index >= 15 is 0 Å². The van der Waals surface area contributed by atoms with Gasteiger partial charge in [-0.2, -0.15) is 0 Å². The number of rotatable bonds is 4. The number of hydrogen-bond acceptors (Lipinski definition) is 6. The number of ether oxygens (including phenoxy) is 2. The van der Waals surface area contributed by atoms with Crippen molar-refractivity contribution >= 4 is 40.2 Å². The van der Waals surface area contributed by atoms with E-state index < -0.39 is 28.5 Å². The molecule has 1 saturated heterocycles. The number of nitrogen functional groups attached to an aromatic ring is 1. The summed E-state index contributed by atoms with van der Waals surface area (Å²) in [4.78, 5) is 7.75. The molecule has 2 aromatic heterocycles. The molecule has 4 aromatic rings. The van der Waals surface area contributed by atoms with E-state index in [0.717, 1.165) is 42.7 Å². The van der Waals surface area contributed by atoms with Crippen molar-refractivity contribution in [3.05, 3.63) is 77.6 Å². The highest BCUT2D eigenvalue weighted by atomic mass is 35.5. The quantitative estimate of drug-likeness (QED) is 0.233. The Morgan fingerprint density at radius 2 is 1.86 bits per heavy atom. The van der Waals surface area contributed by atoms with Crippen molar-refractivity contribution in [1.29, 1.82) is 0 Å². The molecule has 1 aliphatic rings. The van der Waals surface area contributed by atoms with Gasteiger partial charge < -0.3 is 24.7 Å². The number of anilines is 1. The van der Waals surface area contributed by atoms with Crippen molar-refractivity contribution in [2.45, 2.75) is 43.6 Å². The van der Waals surface area contributed by atoms with Crippen molar-refractivity contribution in [3.63, 3.8) is 0 Å². The molecule has 198 valence electrons. The van der Waals surface area contributed by atoms with Crippen LogP contribution in [0.1, 0.15) is 36.8 Å². The number of pyridine rings is 1. The summed E-state index contributed by atoms with van der Waals surface area (Å²) in [6, 6.07) is 10.4. The second-order valence-electron chi connectivity index (χ2n) is 8.56. The van der Waals surface area contributed by atoms with Crippen LogP contribution in [0.3, 0.4) is 0 Å². The molecule has 2 aromatic carbocycles. The van der Waals surface area contributed by atoms with Crippen LogP contribution < -0.4 is 10.5 Å². The van der Waals surface area contributed by atoms with Crippen molar-refractivity contribution in [2.24, 2.45) is 0 Å². The Balaban J connectivity index is 0.000000293. The largest absolute Gasteiger partial charge is 0.768 e. The summed E-state index contributed by atoms with van der Waals surface area (Å²) in [5.74, 6) is -1.68. The Bertz CT molecular complexity index is 1360. The molecule has 0 saturated carbocycles. The average molecular weight is 551 g/mol. The highest BCUT2D eigenvalue weighted by Gasteiger charge is 2.28. The lowest BCUT2D eigenvalue weighted by Crippen LogP contribution is -2.24. The van der Waals surface area contributed by atoms with Crippen molar-refractivity contribution in [2.75, 3.05) is 12.3 Å². The molecule has 7 nitrogen and oxygen atoms in total. The van der Waals surface area contributed by atoms with Crippen molar-refractivity contribution < 1.29 is 27.0 Å². The number of benzene rings is 2. The number of hydrogen-bond donors (Lipinski definition) is 2. The van der Waals surface area contributed by atoms with Gasteiger partial charge in [0.2, 0.25) is 0 Å². The van der Waals surface area contributed by atoms with Crippen LogP contribution in [-0.2, 0) is 15.8 Å². The second kappa shape index (κ2) is 12.5. The normalized spacial score (nSPS) is 17.9. The summed E-state index contributed by atoms with van der Waals surface area (Å²) in [6.45, 7) is 4.68. The first kappa shape index (κ1) is 28.5. The fourth-order valence-corrected chi connectivity index (χ4v) is 4.55. The van der Waals surface area contributed by atoms with Gasteiger partial charge in [0.1, 0.15) is 11.4 Å². The van der Waals surface area contributed by atoms with E-state index in [1.807, 2.05) is 20.0 Å². The lowest BCUT2D eigenvalue weighted by atomic mass is 9.88. The van der Waals surface area contributed by atoms with Gasteiger partial charge in [0.25, 0.3) is 0 Å². The third-order valence-electron chi connectivity index (χ3n) is 6.02. The minimum Gasteiger partial charge on any atom is -0.768 e. The van der Waals surface area contributed by atoms with Gasteiger partial charge in [-0.05, 0) is 61.5 Å². The fourth-order valence-electron chi connectivity index (χ4n) is 4.20. The van der Waals surface area contributed by atoms with Gasteiger partial charge in [0.15, 0.2) is 17.4 Å². The summed E-state index contributed by atoms with van der Waals surface area (Å²) in [7, 11) is 0. The second-order valence-corrected chi connectivity index (χ2v) is 9.51. The molecule has 3 heterocycles. The topological polar surface area (TPSA) is 113 Å². The zero-order valence-electron chi connectivity index (χ0n) is 20.2.